The normalized spacial score (nSPS) is 16.6. The molecule has 2 N–H and O–H groups in total. The van der Waals surface area contributed by atoms with E-state index in [9.17, 15) is 14.0 Å². The molecule has 7 rings (SSSR count). The average molecular weight is 661 g/mol. The first kappa shape index (κ1) is 31.6. The van der Waals surface area contributed by atoms with Crippen LogP contribution in [0.4, 0.5) is 20.2 Å². The Morgan fingerprint density at radius 3 is 2.38 bits per heavy atom. The number of ether oxygens (including phenoxy) is 5. The van der Waals surface area contributed by atoms with Gasteiger partial charge in [0, 0.05) is 43.7 Å². The van der Waals surface area contributed by atoms with Gasteiger partial charge in [-0.1, -0.05) is 0 Å². The van der Waals surface area contributed by atoms with E-state index in [-0.39, 0.29) is 11.4 Å². The van der Waals surface area contributed by atoms with Gasteiger partial charge >= 0.3 is 0 Å². The Balaban J connectivity index is 1.04. The minimum Gasteiger partial charge on any atom is -0.489 e. The van der Waals surface area contributed by atoms with Gasteiger partial charge in [0.15, 0.2) is 11.5 Å². The number of hydrogen-bond acceptors (Lipinski definition) is 9. The van der Waals surface area contributed by atoms with Crippen LogP contribution in [0.15, 0.2) is 60.8 Å². The molecule has 0 radical (unpaired) electrons. The smallest absolute Gasteiger partial charge is 0.240 e. The third-order valence-electron chi connectivity index (χ3n) is 8.56. The second kappa shape index (κ2) is 13.6. The van der Waals surface area contributed by atoms with Crippen LogP contribution in [0, 0.1) is 17.0 Å². The molecule has 1 saturated heterocycles. The summed E-state index contributed by atoms with van der Waals surface area (Å²) >= 11 is 0. The predicted molar refractivity (Wildman–Crippen MR) is 172 cm³/mol. The van der Waals surface area contributed by atoms with Gasteiger partial charge in [-0.2, -0.15) is 0 Å². The lowest BCUT2D eigenvalue weighted by molar-refractivity contribution is -0.131. The monoisotopic (exact) mass is 660 g/mol. The van der Waals surface area contributed by atoms with Crippen molar-refractivity contribution in [3.05, 3.63) is 72.4 Å². The molecular formula is C35H34F2N4O7. The summed E-state index contributed by atoms with van der Waals surface area (Å²) in [4.78, 5) is 32.8. The zero-order chi connectivity index (χ0) is 33.1. The van der Waals surface area contributed by atoms with Gasteiger partial charge in [-0.3, -0.25) is 19.5 Å². The van der Waals surface area contributed by atoms with Gasteiger partial charge in [0.2, 0.25) is 17.6 Å². The molecule has 1 saturated carbocycles. The van der Waals surface area contributed by atoms with Crippen LogP contribution in [0.1, 0.15) is 19.3 Å². The fourth-order valence-electron chi connectivity index (χ4n) is 5.76. The molecule has 3 aliphatic rings. The lowest BCUT2D eigenvalue weighted by Crippen LogP contribution is -2.37. The molecule has 13 heteroatoms. The van der Waals surface area contributed by atoms with Gasteiger partial charge in [0.05, 0.1) is 36.4 Å². The quantitative estimate of drug-likeness (QED) is 0.158. The molecule has 2 amide bonds. The van der Waals surface area contributed by atoms with Crippen LogP contribution in [-0.4, -0.2) is 74.4 Å². The zero-order valence-electron chi connectivity index (χ0n) is 26.1. The first-order chi connectivity index (χ1) is 23.4. The third kappa shape index (κ3) is 6.69. The largest absolute Gasteiger partial charge is 0.489 e. The van der Waals surface area contributed by atoms with Crippen molar-refractivity contribution in [1.29, 1.82) is 0 Å². The van der Waals surface area contributed by atoms with Crippen LogP contribution < -0.4 is 29.6 Å². The maximum atomic E-state index is 15.3. The van der Waals surface area contributed by atoms with E-state index in [1.807, 2.05) is 0 Å². The minimum atomic E-state index is -1.33. The van der Waals surface area contributed by atoms with E-state index in [4.69, 9.17) is 23.7 Å². The standard InChI is InChI=1S/C35H34F2N4O7/c36-22-2-4-23(5-3-22)39-33(42)35(9-10-35)34(43)40-26-7-6-24(20-25(26)37)48-28-8-11-38-27-21-29(31-32(30(27)28)47-19-18-46-31)45-15-1-12-41-13-16-44-17-14-41/h2-8,11,20-21H,1,9-10,12-19H2,(H,39,42)(H,40,43). The number of morpholine rings is 1. The van der Waals surface area contributed by atoms with Crippen LogP contribution in [0.3, 0.4) is 0 Å². The molecule has 3 heterocycles. The average Bonchev–Trinajstić information content (AvgIpc) is 3.92. The van der Waals surface area contributed by atoms with Crippen LogP contribution in [0.2, 0.25) is 0 Å². The summed E-state index contributed by atoms with van der Waals surface area (Å²) in [7, 11) is 0. The van der Waals surface area contributed by atoms with Gasteiger partial charge in [-0.15, -0.1) is 0 Å². The lowest BCUT2D eigenvalue weighted by atomic mass is 10.0. The molecule has 0 bridgehead atoms. The Hall–Kier alpha value is -5.01. The molecule has 0 spiro atoms. The highest BCUT2D eigenvalue weighted by Gasteiger charge is 2.56. The third-order valence-corrected chi connectivity index (χ3v) is 8.56. The number of carbonyl (C=O) groups excluding carboxylic acids is 2. The van der Waals surface area contributed by atoms with E-state index in [1.54, 1.807) is 18.3 Å². The van der Waals surface area contributed by atoms with E-state index >= 15 is 4.39 Å². The summed E-state index contributed by atoms with van der Waals surface area (Å²) < 4.78 is 58.2. The predicted octanol–water partition coefficient (Wildman–Crippen LogP) is 5.54. The highest BCUT2D eigenvalue weighted by Crippen LogP contribution is 2.49. The molecule has 0 unspecified atom stereocenters. The minimum absolute atomic E-state index is 0.0997. The first-order valence-corrected chi connectivity index (χ1v) is 15.9. The number of fused-ring (bicyclic) bond motifs is 3. The highest BCUT2D eigenvalue weighted by atomic mass is 19.1. The SMILES string of the molecule is O=C(Nc1ccc(F)cc1)C1(C(=O)Nc2ccc(Oc3ccnc4cc(OCCCN5CCOCC5)c5c(c34)OCCO5)cc2F)CC1. The Morgan fingerprint density at radius 1 is 0.875 bits per heavy atom. The number of pyridine rings is 1. The van der Waals surface area contributed by atoms with Crippen molar-refractivity contribution in [2.24, 2.45) is 5.41 Å². The van der Waals surface area contributed by atoms with Crippen molar-refractivity contribution in [2.45, 2.75) is 19.3 Å². The number of rotatable bonds is 11. The summed E-state index contributed by atoms with van der Waals surface area (Å²) in [5.41, 5.74) is -0.521. The number of anilines is 2. The van der Waals surface area contributed by atoms with E-state index < -0.39 is 28.9 Å². The molecule has 48 heavy (non-hydrogen) atoms. The topological polar surface area (TPSA) is 120 Å². The summed E-state index contributed by atoms with van der Waals surface area (Å²) in [5.74, 6) is -0.405. The Labute approximate surface area is 275 Å². The number of carbonyl (C=O) groups is 2. The Morgan fingerprint density at radius 2 is 1.62 bits per heavy atom. The number of aromatic nitrogens is 1. The van der Waals surface area contributed by atoms with Crippen molar-refractivity contribution < 1.29 is 42.1 Å². The van der Waals surface area contributed by atoms with Crippen molar-refractivity contribution in [3.8, 4) is 28.7 Å². The lowest BCUT2D eigenvalue weighted by Gasteiger charge is -2.26. The maximum Gasteiger partial charge on any atom is 0.240 e. The van der Waals surface area contributed by atoms with E-state index in [2.05, 4.69) is 20.5 Å². The molecule has 2 fully saturated rings. The maximum absolute atomic E-state index is 15.3. The molecule has 250 valence electrons. The summed E-state index contributed by atoms with van der Waals surface area (Å²) in [6.07, 6.45) is 3.02. The van der Waals surface area contributed by atoms with Crippen LogP contribution >= 0.6 is 0 Å². The zero-order valence-corrected chi connectivity index (χ0v) is 26.1. The fraction of sp³-hybridized carbons (Fsp3) is 0.343. The number of hydrogen-bond donors (Lipinski definition) is 2. The number of nitrogens with one attached hydrogen (secondary N) is 2. The summed E-state index contributed by atoms with van der Waals surface area (Å²) in [6, 6.07) is 12.7. The summed E-state index contributed by atoms with van der Waals surface area (Å²) in [6.45, 7) is 5.38. The fourth-order valence-corrected chi connectivity index (χ4v) is 5.76. The van der Waals surface area contributed by atoms with Gasteiger partial charge in [0.25, 0.3) is 0 Å². The van der Waals surface area contributed by atoms with E-state index in [0.717, 1.165) is 45.3 Å². The van der Waals surface area contributed by atoms with Gasteiger partial charge in [-0.25, -0.2) is 8.78 Å². The second-order valence-corrected chi connectivity index (χ2v) is 11.8. The van der Waals surface area contributed by atoms with Gasteiger partial charge in [-0.05, 0) is 61.7 Å². The molecule has 1 aliphatic carbocycles. The molecule has 4 aromatic rings. The Bertz CT molecular complexity index is 1830. The van der Waals surface area contributed by atoms with Gasteiger partial charge < -0.3 is 34.3 Å². The molecule has 3 aromatic carbocycles. The first-order valence-electron chi connectivity index (χ1n) is 15.9. The van der Waals surface area contributed by atoms with E-state index in [1.165, 1.54) is 36.4 Å². The van der Waals surface area contributed by atoms with Crippen LogP contribution in [0.5, 0.6) is 28.7 Å². The van der Waals surface area contributed by atoms with Crippen LogP contribution in [0.25, 0.3) is 10.9 Å². The van der Waals surface area contributed by atoms with Crippen molar-refractivity contribution in [3.63, 3.8) is 0 Å². The molecule has 11 nitrogen and oxygen atoms in total. The van der Waals surface area contributed by atoms with Crippen LogP contribution in [-0.2, 0) is 14.3 Å². The number of amides is 2. The number of halogens is 2. The molecule has 2 aliphatic heterocycles. The van der Waals surface area contributed by atoms with Crippen molar-refractivity contribution in [1.82, 2.24) is 9.88 Å². The number of nitrogens with zero attached hydrogens (tertiary/aromatic N) is 2. The molecule has 0 atom stereocenters. The van der Waals surface area contributed by atoms with E-state index in [0.29, 0.717) is 72.3 Å². The summed E-state index contributed by atoms with van der Waals surface area (Å²) in [5, 5.41) is 5.72. The number of benzene rings is 3. The second-order valence-electron chi connectivity index (χ2n) is 11.8. The van der Waals surface area contributed by atoms with Gasteiger partial charge in [0.1, 0.15) is 41.8 Å². The Kier molecular flexibility index (Phi) is 8.96. The molecular weight excluding hydrogens is 626 g/mol. The molecule has 1 aromatic heterocycles. The van der Waals surface area contributed by atoms with Crippen molar-refractivity contribution >= 4 is 34.1 Å². The van der Waals surface area contributed by atoms with Crippen molar-refractivity contribution in [2.75, 3.05) is 63.3 Å². The highest BCUT2D eigenvalue weighted by molar-refractivity contribution is 6.17.